The summed E-state index contributed by atoms with van der Waals surface area (Å²) < 4.78 is 5.17. The first-order valence-corrected chi connectivity index (χ1v) is 6.97. The summed E-state index contributed by atoms with van der Waals surface area (Å²) in [4.78, 5) is 9.17. The standard InChI is InChI=1S/C16H19N3O/c1-11-9-14(10-17-13-5-6-13)19-16(18-11)12-3-7-15(20-2)8-4-12/h3-4,7-9,13,17H,5-6,10H2,1-2H3. The normalized spacial score (nSPS) is 14.3. The molecule has 0 amide bonds. The Balaban J connectivity index is 1.82. The average molecular weight is 269 g/mol. The highest BCUT2D eigenvalue weighted by atomic mass is 16.5. The van der Waals surface area contributed by atoms with E-state index in [4.69, 9.17) is 4.74 Å². The van der Waals surface area contributed by atoms with E-state index in [0.717, 1.165) is 35.1 Å². The molecule has 0 atom stereocenters. The van der Waals surface area contributed by atoms with E-state index in [1.807, 2.05) is 37.3 Å². The molecule has 0 aliphatic heterocycles. The Hall–Kier alpha value is -1.94. The van der Waals surface area contributed by atoms with E-state index in [1.165, 1.54) is 12.8 Å². The van der Waals surface area contributed by atoms with Gasteiger partial charge in [0.25, 0.3) is 0 Å². The maximum Gasteiger partial charge on any atom is 0.159 e. The van der Waals surface area contributed by atoms with Crippen LogP contribution in [-0.2, 0) is 6.54 Å². The summed E-state index contributed by atoms with van der Waals surface area (Å²) in [5.41, 5.74) is 3.07. The minimum Gasteiger partial charge on any atom is -0.497 e. The molecule has 3 rings (SSSR count). The first kappa shape index (κ1) is 13.1. The van der Waals surface area contributed by atoms with E-state index >= 15 is 0 Å². The Morgan fingerprint density at radius 2 is 1.95 bits per heavy atom. The van der Waals surface area contributed by atoms with E-state index in [9.17, 15) is 0 Å². The predicted octanol–water partition coefficient (Wildman–Crippen LogP) is 2.71. The molecule has 20 heavy (non-hydrogen) atoms. The van der Waals surface area contributed by atoms with Crippen LogP contribution in [0, 0.1) is 6.92 Å². The molecule has 0 spiro atoms. The summed E-state index contributed by atoms with van der Waals surface area (Å²) in [6, 6.07) is 10.6. The SMILES string of the molecule is COc1ccc(-c2nc(C)cc(CNC3CC3)n2)cc1. The fraction of sp³-hybridized carbons (Fsp3) is 0.375. The van der Waals surface area contributed by atoms with Crippen LogP contribution in [0.5, 0.6) is 5.75 Å². The van der Waals surface area contributed by atoms with E-state index in [2.05, 4.69) is 15.3 Å². The van der Waals surface area contributed by atoms with Crippen molar-refractivity contribution in [1.29, 1.82) is 0 Å². The van der Waals surface area contributed by atoms with Crippen molar-refractivity contribution in [2.75, 3.05) is 7.11 Å². The van der Waals surface area contributed by atoms with Crippen LogP contribution in [0.3, 0.4) is 0 Å². The van der Waals surface area contributed by atoms with Crippen molar-refractivity contribution >= 4 is 0 Å². The number of hydrogen-bond donors (Lipinski definition) is 1. The number of nitrogens with zero attached hydrogens (tertiary/aromatic N) is 2. The van der Waals surface area contributed by atoms with Crippen molar-refractivity contribution in [2.45, 2.75) is 32.4 Å². The van der Waals surface area contributed by atoms with Gasteiger partial charge in [0.2, 0.25) is 0 Å². The molecule has 0 bridgehead atoms. The van der Waals surface area contributed by atoms with Gasteiger partial charge in [-0.1, -0.05) is 0 Å². The van der Waals surface area contributed by atoms with Gasteiger partial charge in [-0.3, -0.25) is 0 Å². The second-order valence-corrected chi connectivity index (χ2v) is 5.21. The minimum atomic E-state index is 0.690. The molecule has 0 radical (unpaired) electrons. The van der Waals surface area contributed by atoms with E-state index < -0.39 is 0 Å². The lowest BCUT2D eigenvalue weighted by Gasteiger charge is -2.07. The summed E-state index contributed by atoms with van der Waals surface area (Å²) in [6.07, 6.45) is 2.57. The third-order valence-electron chi connectivity index (χ3n) is 3.40. The van der Waals surface area contributed by atoms with Gasteiger partial charge in [-0.25, -0.2) is 9.97 Å². The van der Waals surface area contributed by atoms with E-state index in [0.29, 0.717) is 6.04 Å². The van der Waals surface area contributed by atoms with Gasteiger partial charge in [-0.15, -0.1) is 0 Å². The van der Waals surface area contributed by atoms with Gasteiger partial charge in [-0.2, -0.15) is 0 Å². The number of methoxy groups -OCH3 is 1. The smallest absolute Gasteiger partial charge is 0.159 e. The molecular formula is C16H19N3O. The van der Waals surface area contributed by atoms with Crippen LogP contribution in [0.25, 0.3) is 11.4 Å². The summed E-state index contributed by atoms with van der Waals surface area (Å²) in [6.45, 7) is 2.83. The van der Waals surface area contributed by atoms with Crippen LogP contribution in [0.15, 0.2) is 30.3 Å². The van der Waals surface area contributed by atoms with Crippen LogP contribution in [-0.4, -0.2) is 23.1 Å². The summed E-state index contributed by atoms with van der Waals surface area (Å²) in [7, 11) is 1.67. The van der Waals surface area contributed by atoms with Gasteiger partial charge in [0.15, 0.2) is 5.82 Å². The van der Waals surface area contributed by atoms with Crippen LogP contribution in [0.2, 0.25) is 0 Å². The van der Waals surface area contributed by atoms with Crippen molar-refractivity contribution in [3.05, 3.63) is 41.7 Å². The molecule has 1 saturated carbocycles. The van der Waals surface area contributed by atoms with Gasteiger partial charge in [0.1, 0.15) is 5.75 Å². The first-order valence-electron chi connectivity index (χ1n) is 6.97. The number of aromatic nitrogens is 2. The van der Waals surface area contributed by atoms with Crippen LogP contribution in [0.1, 0.15) is 24.2 Å². The zero-order chi connectivity index (χ0) is 13.9. The molecule has 0 saturated heterocycles. The summed E-state index contributed by atoms with van der Waals surface area (Å²) in [5.74, 6) is 1.62. The Kier molecular flexibility index (Phi) is 3.65. The molecule has 1 aromatic carbocycles. The molecule has 1 N–H and O–H groups in total. The van der Waals surface area contributed by atoms with E-state index in [-0.39, 0.29) is 0 Å². The quantitative estimate of drug-likeness (QED) is 0.906. The number of hydrogen-bond acceptors (Lipinski definition) is 4. The maximum absolute atomic E-state index is 5.17. The minimum absolute atomic E-state index is 0.690. The molecule has 4 heteroatoms. The molecule has 4 nitrogen and oxygen atoms in total. The first-order chi connectivity index (χ1) is 9.74. The average Bonchev–Trinajstić information content (AvgIpc) is 3.29. The van der Waals surface area contributed by atoms with Crippen molar-refractivity contribution in [1.82, 2.24) is 15.3 Å². The van der Waals surface area contributed by atoms with Crippen molar-refractivity contribution in [3.63, 3.8) is 0 Å². The van der Waals surface area contributed by atoms with Crippen LogP contribution in [0.4, 0.5) is 0 Å². The molecular weight excluding hydrogens is 250 g/mol. The second-order valence-electron chi connectivity index (χ2n) is 5.21. The number of aryl methyl sites for hydroxylation is 1. The fourth-order valence-corrected chi connectivity index (χ4v) is 2.13. The predicted molar refractivity (Wildman–Crippen MR) is 78.6 cm³/mol. The molecule has 1 aromatic heterocycles. The van der Waals surface area contributed by atoms with Crippen LogP contribution < -0.4 is 10.1 Å². The Bertz CT molecular complexity index is 591. The third-order valence-corrected chi connectivity index (χ3v) is 3.40. The molecule has 1 aliphatic carbocycles. The van der Waals surface area contributed by atoms with Crippen molar-refractivity contribution in [3.8, 4) is 17.1 Å². The lowest BCUT2D eigenvalue weighted by Crippen LogP contribution is -2.16. The highest BCUT2D eigenvalue weighted by Gasteiger charge is 2.20. The van der Waals surface area contributed by atoms with Gasteiger partial charge >= 0.3 is 0 Å². The highest BCUT2D eigenvalue weighted by molar-refractivity contribution is 5.56. The second kappa shape index (κ2) is 5.59. The third kappa shape index (κ3) is 3.14. The molecule has 1 aliphatic rings. The molecule has 2 aromatic rings. The summed E-state index contributed by atoms with van der Waals surface area (Å²) >= 11 is 0. The maximum atomic E-state index is 5.17. The van der Waals surface area contributed by atoms with Gasteiger partial charge in [0, 0.05) is 23.8 Å². The Morgan fingerprint density at radius 1 is 1.20 bits per heavy atom. The lowest BCUT2D eigenvalue weighted by molar-refractivity contribution is 0.415. The van der Waals surface area contributed by atoms with Crippen molar-refractivity contribution < 1.29 is 4.74 Å². The molecule has 1 fully saturated rings. The highest BCUT2D eigenvalue weighted by Crippen LogP contribution is 2.21. The number of rotatable bonds is 5. The number of nitrogens with one attached hydrogen (secondary N) is 1. The topological polar surface area (TPSA) is 47.0 Å². The monoisotopic (exact) mass is 269 g/mol. The molecule has 1 heterocycles. The molecule has 0 unspecified atom stereocenters. The Morgan fingerprint density at radius 3 is 2.60 bits per heavy atom. The van der Waals surface area contributed by atoms with E-state index in [1.54, 1.807) is 7.11 Å². The van der Waals surface area contributed by atoms with Gasteiger partial charge in [-0.05, 0) is 50.1 Å². The zero-order valence-electron chi connectivity index (χ0n) is 11.9. The van der Waals surface area contributed by atoms with Crippen molar-refractivity contribution in [2.24, 2.45) is 0 Å². The van der Waals surface area contributed by atoms with Gasteiger partial charge < -0.3 is 10.1 Å². The molecule has 104 valence electrons. The number of benzene rings is 1. The fourth-order valence-electron chi connectivity index (χ4n) is 2.13. The lowest BCUT2D eigenvalue weighted by atomic mass is 10.2. The summed E-state index contributed by atoms with van der Waals surface area (Å²) in [5, 5.41) is 3.49. The van der Waals surface area contributed by atoms with Gasteiger partial charge in [0.05, 0.1) is 12.8 Å². The zero-order valence-corrected chi connectivity index (χ0v) is 11.9. The Labute approximate surface area is 119 Å². The largest absolute Gasteiger partial charge is 0.497 e. The van der Waals surface area contributed by atoms with Crippen LogP contribution >= 0.6 is 0 Å². The number of ether oxygens (including phenoxy) is 1.